The lowest BCUT2D eigenvalue weighted by Crippen LogP contribution is -2.21. The van der Waals surface area contributed by atoms with Gasteiger partial charge < -0.3 is 9.47 Å². The van der Waals surface area contributed by atoms with Crippen LogP contribution < -0.4 is 4.90 Å². The number of anilines is 3. The van der Waals surface area contributed by atoms with E-state index in [0.717, 1.165) is 5.69 Å². The maximum atomic E-state index is 2.50. The highest BCUT2D eigenvalue weighted by molar-refractivity contribution is 6.09. The van der Waals surface area contributed by atoms with Crippen molar-refractivity contribution in [2.24, 2.45) is 0 Å². The normalized spacial score (nSPS) is 14.0. The minimum Gasteiger partial charge on any atom is -0.335 e. The van der Waals surface area contributed by atoms with Crippen molar-refractivity contribution in [3.8, 4) is 22.3 Å². The number of para-hydroxylation sites is 1. The van der Waals surface area contributed by atoms with Crippen LogP contribution in [-0.4, -0.2) is 4.57 Å². The van der Waals surface area contributed by atoms with Crippen LogP contribution >= 0.6 is 0 Å². The van der Waals surface area contributed by atoms with Crippen molar-refractivity contribution in [1.82, 2.24) is 4.57 Å². The first kappa shape index (κ1) is 32.3. The van der Waals surface area contributed by atoms with Crippen LogP contribution in [-0.2, 0) is 5.54 Å². The van der Waals surface area contributed by atoms with Gasteiger partial charge in [0.25, 0.3) is 0 Å². The number of rotatable bonds is 6. The lowest BCUT2D eigenvalue weighted by atomic mass is 9.84. The maximum Gasteiger partial charge on any atom is 0.0546 e. The molecule has 256 valence electrons. The zero-order valence-corrected chi connectivity index (χ0v) is 30.5. The van der Waals surface area contributed by atoms with E-state index in [4.69, 9.17) is 0 Å². The molecule has 1 aliphatic rings. The topological polar surface area (TPSA) is 8.17 Å². The molecule has 1 fully saturated rings. The molecular formula is C50H46N2. The van der Waals surface area contributed by atoms with Gasteiger partial charge in [-0.3, -0.25) is 0 Å². The Labute approximate surface area is 308 Å². The van der Waals surface area contributed by atoms with Crippen LogP contribution in [0.25, 0.3) is 54.8 Å². The average Bonchev–Trinajstić information content (AvgIpc) is 3.54. The van der Waals surface area contributed by atoms with Crippen molar-refractivity contribution in [2.75, 3.05) is 4.90 Å². The van der Waals surface area contributed by atoms with Crippen molar-refractivity contribution < 1.29 is 0 Å². The van der Waals surface area contributed by atoms with Gasteiger partial charge >= 0.3 is 0 Å². The Balaban J connectivity index is 1.18. The summed E-state index contributed by atoms with van der Waals surface area (Å²) in [6.07, 6.45) is 6.66. The number of nitrogens with zero attached hydrogens (tertiary/aromatic N) is 2. The highest BCUT2D eigenvalue weighted by atomic mass is 15.1. The predicted molar refractivity (Wildman–Crippen MR) is 223 cm³/mol. The predicted octanol–water partition coefficient (Wildman–Crippen LogP) is 14.6. The fraction of sp³-hybridized carbons (Fsp3) is 0.200. The molecule has 2 nitrogen and oxygen atoms in total. The minimum atomic E-state index is -0.0484. The molecule has 0 saturated heterocycles. The van der Waals surface area contributed by atoms with Gasteiger partial charge in [-0.1, -0.05) is 135 Å². The molecule has 7 aromatic carbocycles. The van der Waals surface area contributed by atoms with Gasteiger partial charge in [0.1, 0.15) is 0 Å². The molecule has 8 aromatic rings. The van der Waals surface area contributed by atoms with Crippen LogP contribution in [0.15, 0.2) is 158 Å². The minimum absolute atomic E-state index is 0.0484. The van der Waals surface area contributed by atoms with E-state index in [0.29, 0.717) is 5.92 Å². The summed E-state index contributed by atoms with van der Waals surface area (Å²) in [4.78, 5) is 2.46. The van der Waals surface area contributed by atoms with Crippen LogP contribution in [0.5, 0.6) is 0 Å². The molecule has 1 saturated carbocycles. The van der Waals surface area contributed by atoms with Gasteiger partial charge in [-0.2, -0.15) is 0 Å². The van der Waals surface area contributed by atoms with Gasteiger partial charge in [-0.05, 0) is 115 Å². The van der Waals surface area contributed by atoms with E-state index in [-0.39, 0.29) is 5.54 Å². The highest BCUT2D eigenvalue weighted by Crippen LogP contribution is 2.45. The number of hydrogen-bond acceptors (Lipinski definition) is 1. The Bertz CT molecular complexity index is 2510. The molecule has 0 unspecified atom stereocenters. The lowest BCUT2D eigenvalue weighted by molar-refractivity contribution is 0.423. The van der Waals surface area contributed by atoms with E-state index in [2.05, 4.69) is 188 Å². The molecule has 0 bridgehead atoms. The first-order chi connectivity index (χ1) is 25.4. The summed E-state index contributed by atoms with van der Waals surface area (Å²) < 4.78 is 2.50. The van der Waals surface area contributed by atoms with E-state index in [1.807, 2.05) is 0 Å². The van der Waals surface area contributed by atoms with Crippen LogP contribution in [0.2, 0.25) is 0 Å². The van der Waals surface area contributed by atoms with E-state index in [1.54, 1.807) is 0 Å². The Morgan fingerprint density at radius 1 is 0.500 bits per heavy atom. The second kappa shape index (κ2) is 13.2. The molecule has 0 spiro atoms. The van der Waals surface area contributed by atoms with Crippen LogP contribution in [0, 0.1) is 0 Å². The zero-order valence-electron chi connectivity index (χ0n) is 30.5. The SMILES string of the molecule is CC(C)(C)n1c2ccccc2c2ccc(-c3ccc(N(c4ccc(C5CCCCC5)cc4)c4ccc5ccccc5c4-c4ccccc4)cc3)cc21. The first-order valence-electron chi connectivity index (χ1n) is 19.1. The van der Waals surface area contributed by atoms with Gasteiger partial charge in [0.2, 0.25) is 0 Å². The van der Waals surface area contributed by atoms with Crippen LogP contribution in [0.3, 0.4) is 0 Å². The molecule has 0 N–H and O–H groups in total. The fourth-order valence-corrected chi connectivity index (χ4v) is 8.79. The molecule has 52 heavy (non-hydrogen) atoms. The molecule has 1 heterocycles. The van der Waals surface area contributed by atoms with E-state index < -0.39 is 0 Å². The molecule has 0 radical (unpaired) electrons. The van der Waals surface area contributed by atoms with Crippen molar-refractivity contribution in [3.05, 3.63) is 163 Å². The van der Waals surface area contributed by atoms with E-state index >= 15 is 0 Å². The largest absolute Gasteiger partial charge is 0.335 e. The van der Waals surface area contributed by atoms with Gasteiger partial charge in [0.15, 0.2) is 0 Å². The fourth-order valence-electron chi connectivity index (χ4n) is 8.79. The zero-order chi connectivity index (χ0) is 35.2. The number of hydrogen-bond donors (Lipinski definition) is 0. The molecule has 2 heteroatoms. The lowest BCUT2D eigenvalue weighted by Gasteiger charge is -2.30. The number of benzene rings is 7. The maximum absolute atomic E-state index is 2.50. The summed E-state index contributed by atoms with van der Waals surface area (Å²) in [5.41, 5.74) is 12.4. The quantitative estimate of drug-likeness (QED) is 0.170. The summed E-state index contributed by atoms with van der Waals surface area (Å²) in [5, 5.41) is 5.12. The van der Waals surface area contributed by atoms with Crippen molar-refractivity contribution in [2.45, 2.75) is 64.3 Å². The Kier molecular flexibility index (Phi) is 8.19. The molecule has 1 aliphatic carbocycles. The monoisotopic (exact) mass is 674 g/mol. The van der Waals surface area contributed by atoms with Crippen molar-refractivity contribution in [3.63, 3.8) is 0 Å². The highest BCUT2D eigenvalue weighted by Gasteiger charge is 2.23. The molecular weight excluding hydrogens is 629 g/mol. The first-order valence-corrected chi connectivity index (χ1v) is 19.1. The van der Waals surface area contributed by atoms with Crippen molar-refractivity contribution in [1.29, 1.82) is 0 Å². The third kappa shape index (κ3) is 5.77. The third-order valence-corrected chi connectivity index (χ3v) is 11.2. The summed E-state index contributed by atoms with van der Waals surface area (Å²) in [6.45, 7) is 6.90. The van der Waals surface area contributed by atoms with Gasteiger partial charge in [-0.25, -0.2) is 0 Å². The Hall–Kier alpha value is -5.60. The Morgan fingerprint density at radius 3 is 1.85 bits per heavy atom. The second-order valence-corrected chi connectivity index (χ2v) is 15.6. The standard InChI is InChI=1S/C50H46N2/c1-50(2,3)52-46-21-13-12-20-44(46)45-32-26-40(34-48(45)52)37-24-30-42(31-25-37)51(41-28-22-36(23-29-41)35-14-6-4-7-15-35)47-33-27-38-16-10-11-19-43(38)49(47)39-17-8-5-9-18-39/h5,8-13,16-35H,4,6-7,14-15H2,1-3H3. The molecule has 0 amide bonds. The van der Waals surface area contributed by atoms with Gasteiger partial charge in [0, 0.05) is 38.8 Å². The van der Waals surface area contributed by atoms with E-state index in [9.17, 15) is 0 Å². The molecule has 0 atom stereocenters. The summed E-state index contributed by atoms with van der Waals surface area (Å²) in [7, 11) is 0. The average molecular weight is 675 g/mol. The smallest absolute Gasteiger partial charge is 0.0546 e. The molecule has 9 rings (SSSR count). The van der Waals surface area contributed by atoms with Crippen LogP contribution in [0.4, 0.5) is 17.1 Å². The molecule has 0 aliphatic heterocycles. The number of aromatic nitrogens is 1. The van der Waals surface area contributed by atoms with E-state index in [1.165, 1.54) is 104 Å². The van der Waals surface area contributed by atoms with Crippen molar-refractivity contribution >= 4 is 49.6 Å². The summed E-state index contributed by atoms with van der Waals surface area (Å²) >= 11 is 0. The van der Waals surface area contributed by atoms with Gasteiger partial charge in [0.05, 0.1) is 11.2 Å². The van der Waals surface area contributed by atoms with Crippen LogP contribution in [0.1, 0.15) is 64.4 Å². The summed E-state index contributed by atoms with van der Waals surface area (Å²) in [5.74, 6) is 0.672. The van der Waals surface area contributed by atoms with Gasteiger partial charge in [-0.15, -0.1) is 0 Å². The Morgan fingerprint density at radius 2 is 1.12 bits per heavy atom. The second-order valence-electron chi connectivity index (χ2n) is 15.6. The molecule has 1 aromatic heterocycles. The third-order valence-electron chi connectivity index (χ3n) is 11.2. The number of fused-ring (bicyclic) bond motifs is 4. The summed E-state index contributed by atoms with van der Waals surface area (Å²) in [6, 6.07) is 58.7.